The van der Waals surface area contributed by atoms with Crippen molar-refractivity contribution in [3.8, 4) is 0 Å². The van der Waals surface area contributed by atoms with E-state index < -0.39 is 32.2 Å². The van der Waals surface area contributed by atoms with Crippen molar-refractivity contribution in [2.75, 3.05) is 18.8 Å². The van der Waals surface area contributed by atoms with E-state index in [4.69, 9.17) is 10.5 Å². The van der Waals surface area contributed by atoms with Crippen LogP contribution in [0.1, 0.15) is 13.8 Å². The van der Waals surface area contributed by atoms with Crippen molar-refractivity contribution in [2.24, 2.45) is 0 Å². The summed E-state index contributed by atoms with van der Waals surface area (Å²) in [5, 5.41) is 0. The predicted octanol–water partition coefficient (Wildman–Crippen LogP) is 1.34. The molecule has 1 fully saturated rings. The number of sulfonamides is 1. The zero-order valence-corrected chi connectivity index (χ0v) is 12.0. The van der Waals surface area contributed by atoms with Gasteiger partial charge in [0.1, 0.15) is 16.4 Å². The minimum atomic E-state index is -4.07. The molecule has 0 aromatic heterocycles. The first kappa shape index (κ1) is 15.1. The van der Waals surface area contributed by atoms with Crippen LogP contribution in [0.3, 0.4) is 0 Å². The van der Waals surface area contributed by atoms with Crippen LogP contribution in [0.25, 0.3) is 0 Å². The molecule has 1 saturated heterocycles. The number of nitrogens with zero attached hydrogens (tertiary/aromatic N) is 1. The number of anilines is 1. The van der Waals surface area contributed by atoms with E-state index in [1.807, 2.05) is 0 Å². The summed E-state index contributed by atoms with van der Waals surface area (Å²) in [7, 11) is -4.07. The average molecular weight is 306 g/mol. The van der Waals surface area contributed by atoms with E-state index in [-0.39, 0.29) is 25.3 Å². The Balaban J connectivity index is 2.43. The second-order valence-electron chi connectivity index (χ2n) is 4.85. The zero-order chi connectivity index (χ0) is 15.1. The molecule has 8 heteroatoms. The van der Waals surface area contributed by atoms with Gasteiger partial charge in [0.25, 0.3) is 0 Å². The summed E-state index contributed by atoms with van der Waals surface area (Å²) >= 11 is 0. The lowest BCUT2D eigenvalue weighted by molar-refractivity contribution is -0.0441. The van der Waals surface area contributed by atoms with Crippen molar-refractivity contribution in [2.45, 2.75) is 31.0 Å². The molecule has 1 aromatic rings. The van der Waals surface area contributed by atoms with Gasteiger partial charge >= 0.3 is 0 Å². The molecular formula is C12H16F2N2O3S. The van der Waals surface area contributed by atoms with Crippen LogP contribution in [0.4, 0.5) is 14.5 Å². The van der Waals surface area contributed by atoms with E-state index in [0.717, 1.165) is 16.4 Å². The molecule has 2 atom stereocenters. The van der Waals surface area contributed by atoms with E-state index >= 15 is 0 Å². The first-order valence-electron chi connectivity index (χ1n) is 6.12. The summed E-state index contributed by atoms with van der Waals surface area (Å²) in [5.74, 6) is -2.23. The van der Waals surface area contributed by atoms with Gasteiger partial charge in [0.15, 0.2) is 5.82 Å². The fourth-order valence-electron chi connectivity index (χ4n) is 2.21. The van der Waals surface area contributed by atoms with Gasteiger partial charge in [-0.25, -0.2) is 17.2 Å². The van der Waals surface area contributed by atoms with E-state index in [2.05, 4.69) is 0 Å². The van der Waals surface area contributed by atoms with Gasteiger partial charge in [-0.05, 0) is 26.0 Å². The van der Waals surface area contributed by atoms with E-state index in [1.54, 1.807) is 13.8 Å². The average Bonchev–Trinajstić information content (AvgIpc) is 2.34. The van der Waals surface area contributed by atoms with Gasteiger partial charge in [0.05, 0.1) is 12.2 Å². The number of ether oxygens (including phenoxy) is 1. The number of morpholine rings is 1. The Morgan fingerprint density at radius 2 is 1.80 bits per heavy atom. The van der Waals surface area contributed by atoms with Crippen LogP contribution >= 0.6 is 0 Å². The highest BCUT2D eigenvalue weighted by molar-refractivity contribution is 7.89. The Morgan fingerprint density at radius 1 is 1.25 bits per heavy atom. The lowest BCUT2D eigenvalue weighted by Crippen LogP contribution is -2.48. The van der Waals surface area contributed by atoms with Crippen LogP contribution in [0.2, 0.25) is 0 Å². The van der Waals surface area contributed by atoms with Gasteiger partial charge in [-0.2, -0.15) is 4.31 Å². The lowest BCUT2D eigenvalue weighted by atomic mass is 10.3. The highest BCUT2D eigenvalue weighted by Crippen LogP contribution is 2.27. The van der Waals surface area contributed by atoms with Crippen molar-refractivity contribution in [1.82, 2.24) is 4.31 Å². The summed E-state index contributed by atoms with van der Waals surface area (Å²) in [4.78, 5) is -0.613. The number of hydrogen-bond acceptors (Lipinski definition) is 4. The Kier molecular flexibility index (Phi) is 3.99. The quantitative estimate of drug-likeness (QED) is 0.837. The molecule has 0 saturated carbocycles. The van der Waals surface area contributed by atoms with E-state index in [1.165, 1.54) is 0 Å². The SMILES string of the molecule is CC1CN(S(=O)(=O)c2ccc(F)c(N)c2F)CC(C)O1. The van der Waals surface area contributed by atoms with Gasteiger partial charge in [0.2, 0.25) is 10.0 Å². The number of hydrogen-bond donors (Lipinski definition) is 1. The molecule has 0 aliphatic carbocycles. The van der Waals surface area contributed by atoms with E-state index in [9.17, 15) is 17.2 Å². The Hall–Kier alpha value is -1.25. The Labute approximate surface area is 116 Å². The largest absolute Gasteiger partial charge is 0.394 e. The van der Waals surface area contributed by atoms with Crippen LogP contribution in [0.5, 0.6) is 0 Å². The third-order valence-electron chi connectivity index (χ3n) is 3.10. The Morgan fingerprint density at radius 3 is 2.35 bits per heavy atom. The molecule has 1 aliphatic heterocycles. The maximum Gasteiger partial charge on any atom is 0.246 e. The smallest absolute Gasteiger partial charge is 0.246 e. The summed E-state index contributed by atoms with van der Waals surface area (Å²) in [5.41, 5.74) is 4.41. The molecule has 2 unspecified atom stereocenters. The molecule has 5 nitrogen and oxygen atoms in total. The number of halogens is 2. The fourth-order valence-corrected chi connectivity index (χ4v) is 3.88. The minimum absolute atomic E-state index is 0.114. The minimum Gasteiger partial charge on any atom is -0.394 e. The van der Waals surface area contributed by atoms with Crippen LogP contribution in [-0.4, -0.2) is 38.0 Å². The van der Waals surface area contributed by atoms with Crippen LogP contribution < -0.4 is 5.73 Å². The molecule has 112 valence electrons. The topological polar surface area (TPSA) is 72.6 Å². The third kappa shape index (κ3) is 2.63. The molecule has 2 rings (SSSR count). The normalized spacial score (nSPS) is 24.8. The molecule has 0 amide bonds. The standard InChI is InChI=1S/C12H16F2N2O3S/c1-7-5-16(6-8(2)19-7)20(17,18)10-4-3-9(13)12(15)11(10)14/h3-4,7-8H,5-6,15H2,1-2H3. The number of benzene rings is 1. The summed E-state index contributed by atoms with van der Waals surface area (Å²) in [6.45, 7) is 3.69. The molecule has 1 aliphatic rings. The fraction of sp³-hybridized carbons (Fsp3) is 0.500. The van der Waals surface area contributed by atoms with Crippen LogP contribution in [-0.2, 0) is 14.8 Å². The Bertz CT molecular complexity index is 611. The summed E-state index contributed by atoms with van der Waals surface area (Å²) < 4.78 is 58.4. The lowest BCUT2D eigenvalue weighted by Gasteiger charge is -2.34. The molecular weight excluding hydrogens is 290 g/mol. The molecule has 1 aromatic carbocycles. The summed E-state index contributed by atoms with van der Waals surface area (Å²) in [6.07, 6.45) is -0.594. The first-order chi connectivity index (χ1) is 9.23. The number of nitrogen functional groups attached to an aromatic ring is 1. The maximum atomic E-state index is 13.9. The number of rotatable bonds is 2. The third-order valence-corrected chi connectivity index (χ3v) is 4.94. The molecule has 20 heavy (non-hydrogen) atoms. The van der Waals surface area contributed by atoms with Crippen molar-refractivity contribution in [3.63, 3.8) is 0 Å². The van der Waals surface area contributed by atoms with Gasteiger partial charge < -0.3 is 10.5 Å². The molecule has 0 bridgehead atoms. The maximum absolute atomic E-state index is 13.9. The molecule has 0 spiro atoms. The molecule has 2 N–H and O–H groups in total. The first-order valence-corrected chi connectivity index (χ1v) is 7.56. The van der Waals surface area contributed by atoms with Crippen molar-refractivity contribution >= 4 is 15.7 Å². The van der Waals surface area contributed by atoms with Crippen molar-refractivity contribution in [1.29, 1.82) is 0 Å². The van der Waals surface area contributed by atoms with Crippen LogP contribution in [0.15, 0.2) is 17.0 Å². The van der Waals surface area contributed by atoms with Gasteiger partial charge in [-0.1, -0.05) is 0 Å². The highest BCUT2D eigenvalue weighted by atomic mass is 32.2. The van der Waals surface area contributed by atoms with E-state index in [0.29, 0.717) is 0 Å². The van der Waals surface area contributed by atoms with Crippen molar-refractivity contribution < 1.29 is 21.9 Å². The van der Waals surface area contributed by atoms with Gasteiger partial charge in [-0.3, -0.25) is 0 Å². The van der Waals surface area contributed by atoms with Crippen LogP contribution in [0, 0.1) is 11.6 Å². The molecule has 1 heterocycles. The van der Waals surface area contributed by atoms with Crippen molar-refractivity contribution in [3.05, 3.63) is 23.8 Å². The monoisotopic (exact) mass is 306 g/mol. The highest BCUT2D eigenvalue weighted by Gasteiger charge is 2.34. The predicted molar refractivity (Wildman–Crippen MR) is 69.5 cm³/mol. The van der Waals surface area contributed by atoms with Gasteiger partial charge in [-0.15, -0.1) is 0 Å². The molecule has 0 radical (unpaired) electrons. The number of nitrogens with two attached hydrogens (primary N) is 1. The summed E-state index contributed by atoms with van der Waals surface area (Å²) in [6, 6.07) is 1.74. The van der Waals surface area contributed by atoms with Gasteiger partial charge in [0, 0.05) is 13.1 Å². The zero-order valence-electron chi connectivity index (χ0n) is 11.1. The second kappa shape index (κ2) is 5.27. The second-order valence-corrected chi connectivity index (χ2v) is 6.76.